The number of carbonyl (C=O) groups is 1. The van der Waals surface area contributed by atoms with E-state index >= 15 is 0 Å². The first kappa shape index (κ1) is 16.1. The Labute approximate surface area is 130 Å². The molecule has 0 aliphatic carbocycles. The molecule has 1 N–H and O–H groups in total. The minimum absolute atomic E-state index is 0.0392. The van der Waals surface area contributed by atoms with E-state index < -0.39 is 11.7 Å². The topological polar surface area (TPSA) is 49.8 Å². The van der Waals surface area contributed by atoms with Crippen LogP contribution in [0.15, 0.2) is 24.3 Å². The van der Waals surface area contributed by atoms with Gasteiger partial charge in [0.1, 0.15) is 5.75 Å². The number of carbonyl (C=O) groups excluding carboxylic acids is 1. The number of ether oxygens (including phenoxy) is 1. The van der Waals surface area contributed by atoms with E-state index in [1.54, 1.807) is 36.1 Å². The number of likely N-dealkylation sites (tertiary alicyclic amines) is 1. The fourth-order valence-corrected chi connectivity index (χ4v) is 2.63. The van der Waals surface area contributed by atoms with E-state index in [-0.39, 0.29) is 5.91 Å². The third-order valence-corrected chi connectivity index (χ3v) is 4.10. The molecule has 1 heterocycles. The molecule has 0 radical (unpaired) electrons. The molecule has 21 heavy (non-hydrogen) atoms. The molecular weight excluding hydrogens is 290 g/mol. The van der Waals surface area contributed by atoms with Crippen LogP contribution in [-0.4, -0.2) is 40.7 Å². The van der Waals surface area contributed by atoms with Crippen LogP contribution in [0.1, 0.15) is 33.1 Å². The summed E-state index contributed by atoms with van der Waals surface area (Å²) in [6.07, 6.45) is 1.59. The molecule has 0 spiro atoms. The van der Waals surface area contributed by atoms with Gasteiger partial charge in [-0.2, -0.15) is 0 Å². The zero-order valence-electron chi connectivity index (χ0n) is 12.5. The summed E-state index contributed by atoms with van der Waals surface area (Å²) >= 11 is 5.82. The maximum Gasteiger partial charge on any atom is 0.263 e. The maximum absolute atomic E-state index is 12.4. The molecule has 4 nitrogen and oxygen atoms in total. The summed E-state index contributed by atoms with van der Waals surface area (Å²) in [6, 6.07) is 6.97. The highest BCUT2D eigenvalue weighted by molar-refractivity contribution is 6.30. The molecule has 0 bridgehead atoms. The van der Waals surface area contributed by atoms with Crippen molar-refractivity contribution in [1.82, 2.24) is 4.90 Å². The lowest BCUT2D eigenvalue weighted by Gasteiger charge is -2.25. The van der Waals surface area contributed by atoms with Crippen LogP contribution in [0.5, 0.6) is 5.75 Å². The van der Waals surface area contributed by atoms with Gasteiger partial charge in [-0.25, -0.2) is 0 Å². The molecule has 1 saturated heterocycles. The summed E-state index contributed by atoms with van der Waals surface area (Å²) in [5, 5.41) is 10.7. The quantitative estimate of drug-likeness (QED) is 0.934. The molecule has 1 amide bonds. The Morgan fingerprint density at radius 2 is 2.00 bits per heavy atom. The molecule has 1 aliphatic rings. The minimum Gasteiger partial charge on any atom is -0.481 e. The number of aliphatic hydroxyl groups is 1. The summed E-state index contributed by atoms with van der Waals surface area (Å²) in [7, 11) is 0. The molecule has 5 heteroatoms. The van der Waals surface area contributed by atoms with Gasteiger partial charge in [-0.1, -0.05) is 11.6 Å². The Bertz CT molecular complexity index is 487. The number of halogens is 1. The van der Waals surface area contributed by atoms with Gasteiger partial charge in [-0.3, -0.25) is 4.79 Å². The number of rotatable bonds is 3. The van der Waals surface area contributed by atoms with Crippen molar-refractivity contribution in [3.05, 3.63) is 29.3 Å². The first-order valence-corrected chi connectivity index (χ1v) is 7.69. The Morgan fingerprint density at radius 1 is 1.33 bits per heavy atom. The lowest BCUT2D eigenvalue weighted by molar-refractivity contribution is -0.138. The van der Waals surface area contributed by atoms with Gasteiger partial charge in [-0.05, 0) is 57.4 Å². The average molecular weight is 312 g/mol. The normalized spacial score (nSPS) is 24.3. The fourth-order valence-electron chi connectivity index (χ4n) is 2.51. The van der Waals surface area contributed by atoms with Crippen molar-refractivity contribution in [3.63, 3.8) is 0 Å². The first-order valence-electron chi connectivity index (χ1n) is 7.31. The predicted octanol–water partition coefficient (Wildman–Crippen LogP) is 2.87. The summed E-state index contributed by atoms with van der Waals surface area (Å²) in [6.45, 7) is 4.82. The highest BCUT2D eigenvalue weighted by Gasteiger charge is 2.29. The number of amides is 1. The highest BCUT2D eigenvalue weighted by Crippen LogP contribution is 2.22. The van der Waals surface area contributed by atoms with Gasteiger partial charge in [0.05, 0.1) is 5.60 Å². The van der Waals surface area contributed by atoms with Crippen LogP contribution in [0.4, 0.5) is 0 Å². The van der Waals surface area contributed by atoms with E-state index in [1.807, 2.05) is 6.92 Å². The predicted molar refractivity (Wildman–Crippen MR) is 82.6 cm³/mol. The van der Waals surface area contributed by atoms with Gasteiger partial charge in [-0.15, -0.1) is 0 Å². The SMILES string of the molecule is CC(Oc1ccc(Cl)cc1)C(=O)N1CCCC(C)(O)CC1. The van der Waals surface area contributed by atoms with Crippen LogP contribution in [0.3, 0.4) is 0 Å². The van der Waals surface area contributed by atoms with Gasteiger partial charge in [0, 0.05) is 18.1 Å². The summed E-state index contributed by atoms with van der Waals surface area (Å²) < 4.78 is 5.66. The first-order chi connectivity index (χ1) is 9.87. The second-order valence-corrected chi connectivity index (χ2v) is 6.33. The average Bonchev–Trinajstić information content (AvgIpc) is 2.61. The highest BCUT2D eigenvalue weighted by atomic mass is 35.5. The van der Waals surface area contributed by atoms with Crippen LogP contribution in [0.25, 0.3) is 0 Å². The lowest BCUT2D eigenvalue weighted by Crippen LogP contribution is -2.41. The van der Waals surface area contributed by atoms with E-state index in [0.717, 1.165) is 12.8 Å². The van der Waals surface area contributed by atoms with Crippen molar-refractivity contribution in [2.24, 2.45) is 0 Å². The van der Waals surface area contributed by atoms with E-state index in [0.29, 0.717) is 30.3 Å². The van der Waals surface area contributed by atoms with Gasteiger partial charge in [0.25, 0.3) is 5.91 Å². The molecular formula is C16H22ClNO3. The van der Waals surface area contributed by atoms with Gasteiger partial charge >= 0.3 is 0 Å². The second-order valence-electron chi connectivity index (χ2n) is 5.89. The van der Waals surface area contributed by atoms with E-state index in [9.17, 15) is 9.90 Å². The zero-order chi connectivity index (χ0) is 15.5. The van der Waals surface area contributed by atoms with Crippen LogP contribution >= 0.6 is 11.6 Å². The Morgan fingerprint density at radius 3 is 2.67 bits per heavy atom. The van der Waals surface area contributed by atoms with Gasteiger partial charge in [0.2, 0.25) is 0 Å². The van der Waals surface area contributed by atoms with Crippen LogP contribution in [0.2, 0.25) is 5.02 Å². The van der Waals surface area contributed by atoms with Crippen molar-refractivity contribution < 1.29 is 14.6 Å². The minimum atomic E-state index is -0.671. The third kappa shape index (κ3) is 4.61. The van der Waals surface area contributed by atoms with E-state index in [4.69, 9.17) is 16.3 Å². The number of hydrogen-bond acceptors (Lipinski definition) is 3. The fraction of sp³-hybridized carbons (Fsp3) is 0.562. The Balaban J connectivity index is 1.94. The van der Waals surface area contributed by atoms with Gasteiger partial charge < -0.3 is 14.7 Å². The number of benzene rings is 1. The van der Waals surface area contributed by atoms with Crippen molar-refractivity contribution in [2.75, 3.05) is 13.1 Å². The third-order valence-electron chi connectivity index (χ3n) is 3.85. The summed E-state index contributed by atoms with van der Waals surface area (Å²) in [5.74, 6) is 0.588. The van der Waals surface area contributed by atoms with Crippen molar-refractivity contribution in [3.8, 4) is 5.75 Å². The van der Waals surface area contributed by atoms with Gasteiger partial charge in [0.15, 0.2) is 6.10 Å². The molecule has 1 aliphatic heterocycles. The molecule has 0 aromatic heterocycles. The standard InChI is InChI=1S/C16H22ClNO3/c1-12(21-14-6-4-13(17)5-7-14)15(19)18-10-3-8-16(2,20)9-11-18/h4-7,12,20H,3,8-11H2,1-2H3. The monoisotopic (exact) mass is 311 g/mol. The molecule has 2 atom stereocenters. The zero-order valence-corrected chi connectivity index (χ0v) is 13.3. The molecule has 2 rings (SSSR count). The van der Waals surface area contributed by atoms with E-state index in [1.165, 1.54) is 0 Å². The molecule has 1 fully saturated rings. The number of hydrogen-bond donors (Lipinski definition) is 1. The largest absolute Gasteiger partial charge is 0.481 e. The van der Waals surface area contributed by atoms with Crippen LogP contribution in [0, 0.1) is 0 Å². The van der Waals surface area contributed by atoms with Crippen LogP contribution < -0.4 is 4.74 Å². The smallest absolute Gasteiger partial charge is 0.263 e. The van der Waals surface area contributed by atoms with Crippen molar-refractivity contribution in [1.29, 1.82) is 0 Å². The lowest BCUT2D eigenvalue weighted by atomic mass is 9.98. The van der Waals surface area contributed by atoms with Crippen molar-refractivity contribution >= 4 is 17.5 Å². The van der Waals surface area contributed by atoms with Crippen molar-refractivity contribution in [2.45, 2.75) is 44.8 Å². The summed E-state index contributed by atoms with van der Waals surface area (Å²) in [5.41, 5.74) is -0.671. The number of nitrogens with zero attached hydrogens (tertiary/aromatic N) is 1. The molecule has 0 saturated carbocycles. The Hall–Kier alpha value is -1.26. The molecule has 2 unspecified atom stereocenters. The molecule has 1 aromatic carbocycles. The maximum atomic E-state index is 12.4. The summed E-state index contributed by atoms with van der Waals surface area (Å²) in [4.78, 5) is 14.2. The molecule has 1 aromatic rings. The molecule has 116 valence electrons. The second kappa shape index (κ2) is 6.67. The van der Waals surface area contributed by atoms with E-state index in [2.05, 4.69) is 0 Å². The Kier molecular flexibility index (Phi) is 5.12. The van der Waals surface area contributed by atoms with Crippen LogP contribution in [-0.2, 0) is 4.79 Å².